The maximum Gasteiger partial charge on any atom is 0.253 e. The number of nitrogens with one attached hydrogen (secondary N) is 2. The Morgan fingerprint density at radius 3 is 2.66 bits per heavy atom. The minimum Gasteiger partial charge on any atom is -0.394 e. The van der Waals surface area contributed by atoms with E-state index in [9.17, 15) is 14.7 Å². The van der Waals surface area contributed by atoms with Crippen LogP contribution in [0.25, 0.3) is 0 Å². The zero-order valence-electron chi connectivity index (χ0n) is 16.2. The molecule has 3 rings (SSSR count). The number of rotatable bonds is 7. The number of amides is 2. The van der Waals surface area contributed by atoms with Gasteiger partial charge in [0.25, 0.3) is 5.91 Å². The molecule has 0 saturated carbocycles. The lowest BCUT2D eigenvalue weighted by Crippen LogP contribution is -2.49. The van der Waals surface area contributed by atoms with Crippen molar-refractivity contribution in [1.82, 2.24) is 15.6 Å². The maximum atomic E-state index is 12.4. The summed E-state index contributed by atoms with van der Waals surface area (Å²) in [5, 5.41) is 15.4. The van der Waals surface area contributed by atoms with Crippen molar-refractivity contribution in [3.63, 3.8) is 0 Å². The summed E-state index contributed by atoms with van der Waals surface area (Å²) in [4.78, 5) is 28.6. The molecule has 1 aromatic heterocycles. The van der Waals surface area contributed by atoms with Gasteiger partial charge in [-0.3, -0.25) is 14.6 Å². The number of aromatic nitrogens is 1. The average Bonchev–Trinajstić information content (AvgIpc) is 2.75. The second kappa shape index (κ2) is 9.95. The summed E-state index contributed by atoms with van der Waals surface area (Å²) in [6, 6.07) is 12.4. The molecule has 1 aromatic carbocycles. The van der Waals surface area contributed by atoms with Crippen molar-refractivity contribution in [2.45, 2.75) is 37.6 Å². The van der Waals surface area contributed by atoms with Crippen LogP contribution in [0, 0.1) is 0 Å². The Kier molecular flexibility index (Phi) is 7.10. The van der Waals surface area contributed by atoms with Crippen LogP contribution in [0.15, 0.2) is 67.0 Å². The van der Waals surface area contributed by atoms with E-state index >= 15 is 0 Å². The van der Waals surface area contributed by atoms with Crippen molar-refractivity contribution in [3.05, 3.63) is 78.1 Å². The number of aliphatic hydroxyl groups is 1. The first-order valence-electron chi connectivity index (χ1n) is 9.56. The number of carbonyl (C=O) groups excluding carboxylic acids is 2. The van der Waals surface area contributed by atoms with E-state index in [0.717, 1.165) is 5.56 Å². The van der Waals surface area contributed by atoms with Crippen molar-refractivity contribution in [2.75, 3.05) is 6.61 Å². The summed E-state index contributed by atoms with van der Waals surface area (Å²) < 4.78 is 5.81. The second-order valence-electron chi connectivity index (χ2n) is 6.93. The highest BCUT2D eigenvalue weighted by molar-refractivity contribution is 5.94. The van der Waals surface area contributed by atoms with Crippen molar-refractivity contribution >= 4 is 11.8 Å². The van der Waals surface area contributed by atoms with E-state index in [4.69, 9.17) is 4.74 Å². The Morgan fingerprint density at radius 2 is 1.97 bits per heavy atom. The third-order valence-corrected chi connectivity index (χ3v) is 4.75. The van der Waals surface area contributed by atoms with Gasteiger partial charge in [0, 0.05) is 12.4 Å². The molecular weight excluding hydrogens is 370 g/mol. The lowest BCUT2D eigenvalue weighted by molar-refractivity contribution is -0.126. The van der Waals surface area contributed by atoms with E-state index in [0.29, 0.717) is 5.56 Å². The van der Waals surface area contributed by atoms with Crippen LogP contribution in [0.2, 0.25) is 0 Å². The molecule has 2 heterocycles. The van der Waals surface area contributed by atoms with Crippen LogP contribution in [0.3, 0.4) is 0 Å². The van der Waals surface area contributed by atoms with Gasteiger partial charge in [0.1, 0.15) is 6.10 Å². The molecule has 0 unspecified atom stereocenters. The largest absolute Gasteiger partial charge is 0.394 e. The van der Waals surface area contributed by atoms with Gasteiger partial charge < -0.3 is 20.5 Å². The topological polar surface area (TPSA) is 101 Å². The predicted octanol–water partition coefficient (Wildman–Crippen LogP) is 1.76. The number of hydrogen-bond acceptors (Lipinski definition) is 5. The zero-order valence-corrected chi connectivity index (χ0v) is 16.2. The molecule has 7 nitrogen and oxygen atoms in total. The molecule has 2 aromatic rings. The SMILES string of the molecule is C[C@@H](NC(=O)C[C@@H]1C=C[C@@H](NC(=O)c2cccnc2)[C@H](CO)O1)c1ccccc1. The van der Waals surface area contributed by atoms with Crippen molar-refractivity contribution in [3.8, 4) is 0 Å². The molecule has 4 atom stereocenters. The highest BCUT2D eigenvalue weighted by atomic mass is 16.5. The van der Waals surface area contributed by atoms with Crippen LogP contribution in [0.4, 0.5) is 0 Å². The van der Waals surface area contributed by atoms with Crippen LogP contribution in [0.1, 0.15) is 35.3 Å². The highest BCUT2D eigenvalue weighted by Gasteiger charge is 2.29. The van der Waals surface area contributed by atoms with Crippen LogP contribution in [-0.2, 0) is 9.53 Å². The van der Waals surface area contributed by atoms with Crippen LogP contribution >= 0.6 is 0 Å². The zero-order chi connectivity index (χ0) is 20.6. The Balaban J connectivity index is 1.55. The summed E-state index contributed by atoms with van der Waals surface area (Å²) in [6.07, 6.45) is 5.59. The standard InChI is InChI=1S/C22H25N3O4/c1-15(16-6-3-2-4-7-16)24-21(27)12-18-9-10-19(20(14-26)29-18)25-22(28)17-8-5-11-23-13-17/h2-11,13,15,18-20,26H,12,14H2,1H3,(H,24,27)(H,25,28)/t15-,18+,19-,20+/m1/s1. The summed E-state index contributed by atoms with van der Waals surface area (Å²) >= 11 is 0. The van der Waals surface area contributed by atoms with Crippen LogP contribution in [-0.4, -0.2) is 46.8 Å². The van der Waals surface area contributed by atoms with Gasteiger partial charge in [-0.2, -0.15) is 0 Å². The third kappa shape index (κ3) is 5.73. The van der Waals surface area contributed by atoms with E-state index < -0.39 is 18.2 Å². The molecule has 0 spiro atoms. The van der Waals surface area contributed by atoms with Gasteiger partial charge >= 0.3 is 0 Å². The van der Waals surface area contributed by atoms with Crippen molar-refractivity contribution < 1.29 is 19.4 Å². The lowest BCUT2D eigenvalue weighted by atomic mass is 10.0. The number of ether oxygens (including phenoxy) is 1. The smallest absolute Gasteiger partial charge is 0.253 e. The minimum atomic E-state index is -0.634. The van der Waals surface area contributed by atoms with E-state index in [1.165, 1.54) is 6.20 Å². The van der Waals surface area contributed by atoms with E-state index in [1.807, 2.05) is 37.3 Å². The minimum absolute atomic E-state index is 0.114. The number of aliphatic hydroxyl groups excluding tert-OH is 1. The normalized spacial score (nSPS) is 21.9. The van der Waals surface area contributed by atoms with Gasteiger partial charge in [-0.1, -0.05) is 42.5 Å². The molecule has 2 amide bonds. The Labute approximate surface area is 169 Å². The first-order valence-corrected chi connectivity index (χ1v) is 9.56. The van der Waals surface area contributed by atoms with E-state index in [2.05, 4.69) is 15.6 Å². The molecule has 0 bridgehead atoms. The molecule has 29 heavy (non-hydrogen) atoms. The van der Waals surface area contributed by atoms with Crippen molar-refractivity contribution in [1.29, 1.82) is 0 Å². The average molecular weight is 395 g/mol. The van der Waals surface area contributed by atoms with E-state index in [-0.39, 0.29) is 30.9 Å². The molecule has 1 aliphatic heterocycles. The van der Waals surface area contributed by atoms with Gasteiger partial charge in [-0.15, -0.1) is 0 Å². The first-order chi connectivity index (χ1) is 14.1. The monoisotopic (exact) mass is 395 g/mol. The lowest BCUT2D eigenvalue weighted by Gasteiger charge is -2.31. The fourth-order valence-corrected chi connectivity index (χ4v) is 3.18. The van der Waals surface area contributed by atoms with E-state index in [1.54, 1.807) is 30.5 Å². The summed E-state index contributed by atoms with van der Waals surface area (Å²) in [6.45, 7) is 1.65. The van der Waals surface area contributed by atoms with Crippen molar-refractivity contribution in [2.24, 2.45) is 0 Å². The summed E-state index contributed by atoms with van der Waals surface area (Å²) in [5.41, 5.74) is 1.45. The predicted molar refractivity (Wildman–Crippen MR) is 108 cm³/mol. The molecule has 0 fully saturated rings. The number of benzene rings is 1. The highest BCUT2D eigenvalue weighted by Crippen LogP contribution is 2.17. The number of hydrogen-bond donors (Lipinski definition) is 3. The third-order valence-electron chi connectivity index (χ3n) is 4.75. The number of pyridine rings is 1. The fraction of sp³-hybridized carbons (Fsp3) is 0.318. The van der Waals surface area contributed by atoms with Gasteiger partial charge in [0.05, 0.1) is 36.8 Å². The quantitative estimate of drug-likeness (QED) is 0.621. The first kappa shape index (κ1) is 20.7. The molecule has 3 N–H and O–H groups in total. The Hall–Kier alpha value is -3.03. The number of carbonyl (C=O) groups is 2. The number of nitrogens with zero attached hydrogens (tertiary/aromatic N) is 1. The summed E-state index contributed by atoms with van der Waals surface area (Å²) in [5.74, 6) is -0.451. The van der Waals surface area contributed by atoms with Gasteiger partial charge in [0.2, 0.25) is 5.91 Å². The van der Waals surface area contributed by atoms with Gasteiger partial charge in [0.15, 0.2) is 0 Å². The molecule has 7 heteroatoms. The Morgan fingerprint density at radius 1 is 1.17 bits per heavy atom. The fourth-order valence-electron chi connectivity index (χ4n) is 3.18. The molecule has 1 aliphatic rings. The maximum absolute atomic E-state index is 12.4. The molecule has 152 valence electrons. The van der Waals surface area contributed by atoms with Gasteiger partial charge in [-0.25, -0.2) is 0 Å². The van der Waals surface area contributed by atoms with Crippen LogP contribution < -0.4 is 10.6 Å². The molecule has 0 radical (unpaired) electrons. The Bertz CT molecular complexity index is 842. The van der Waals surface area contributed by atoms with Gasteiger partial charge in [-0.05, 0) is 24.6 Å². The molecule has 0 saturated heterocycles. The second-order valence-corrected chi connectivity index (χ2v) is 6.93. The summed E-state index contributed by atoms with van der Waals surface area (Å²) in [7, 11) is 0. The molecular formula is C22H25N3O4. The van der Waals surface area contributed by atoms with Crippen LogP contribution in [0.5, 0.6) is 0 Å². The molecule has 0 aliphatic carbocycles.